The zero-order chi connectivity index (χ0) is 48.8. The number of nitrogens with one attached hydrogen (secondary N) is 3. The van der Waals surface area contributed by atoms with Gasteiger partial charge in [0.2, 0.25) is 5.91 Å². The van der Waals surface area contributed by atoms with Crippen LogP contribution in [0.2, 0.25) is 0 Å². The molecule has 17 nitrogen and oxygen atoms in total. The van der Waals surface area contributed by atoms with Gasteiger partial charge in [0.15, 0.2) is 16.8 Å². The SMILES string of the molecule is CCc1c2cc[nH]c2cn1-c1c2c(cc3c(=O)cc(C)oc13)CC(OOCC(O)(Cc1ccc(O)c3ccc(O)cc13)C(O)C(O)C(O)CO)C1(CC(C3CNC(=O)C3)C3CC4C=CCNC4C1C3)O2. The molecular formula is C53H60N4O13. The number of aliphatic hydroxyl groups is 5. The number of ether oxygens (including phenoxy) is 1. The summed E-state index contributed by atoms with van der Waals surface area (Å²) in [6, 6.07) is 12.4. The first-order valence-corrected chi connectivity index (χ1v) is 24.4. The molecule has 6 aromatic rings. The molecule has 0 radical (unpaired) electrons. The van der Waals surface area contributed by atoms with E-state index in [9.17, 15) is 45.3 Å². The highest BCUT2D eigenvalue weighted by atomic mass is 17.2. The molecule has 3 fully saturated rings. The zero-order valence-electron chi connectivity index (χ0n) is 39.0. The third-order valence-corrected chi connectivity index (χ3v) is 16.4. The summed E-state index contributed by atoms with van der Waals surface area (Å²) in [7, 11) is 0. The largest absolute Gasteiger partial charge is 0.508 e. The molecule has 2 saturated carbocycles. The Kier molecular flexibility index (Phi) is 11.9. The molecule has 3 aromatic carbocycles. The molecule has 5 aliphatic rings. The number of fused-ring (bicyclic) bond motifs is 9. The fourth-order valence-electron chi connectivity index (χ4n) is 13.1. The van der Waals surface area contributed by atoms with Gasteiger partial charge in [-0.1, -0.05) is 25.1 Å². The van der Waals surface area contributed by atoms with Crippen LogP contribution in [0.25, 0.3) is 38.3 Å². The van der Waals surface area contributed by atoms with E-state index in [4.69, 9.17) is 18.9 Å². The van der Waals surface area contributed by atoms with E-state index in [2.05, 4.69) is 39.3 Å². The first-order valence-electron chi connectivity index (χ1n) is 24.4. The summed E-state index contributed by atoms with van der Waals surface area (Å²) in [6.07, 6.45) is 4.24. The minimum absolute atomic E-state index is 0.00217. The molecule has 1 spiro atoms. The van der Waals surface area contributed by atoms with Crippen molar-refractivity contribution in [2.75, 3.05) is 26.3 Å². The standard InChI is InChI=1S/C53H60N4O13/c1-3-40-34-10-12-54-39(34)23-57(40)47-49-30(15-36-42(61)13-26(2)68-50(36)47)17-44(53(69-49)21-37(31-18-45(63)56-22-31)29-14-27-5-4-11-55-46(27)38(53)16-29)70-67-25-52(66,51(65)48(64)43(62)24-58)20-28-6-9-41(60)33-8-7-32(59)19-35(28)33/h4-10,12-13,15,19,23,27,29,31,37-38,43-44,46,48,51,54-55,58-60,62,64-66H,3,11,14,16-18,20-22,24-25H2,1-2H3,(H,56,63). The maximum Gasteiger partial charge on any atom is 0.220 e. The van der Waals surface area contributed by atoms with Crippen LogP contribution in [0.4, 0.5) is 0 Å². The Morgan fingerprint density at radius 1 is 0.986 bits per heavy atom. The number of aromatic hydroxyl groups is 2. The smallest absolute Gasteiger partial charge is 0.220 e. The highest BCUT2D eigenvalue weighted by Gasteiger charge is 2.64. The number of nitrogens with zero attached hydrogens (tertiary/aromatic N) is 1. The summed E-state index contributed by atoms with van der Waals surface area (Å²) in [5.74, 6) is 0.954. The maximum atomic E-state index is 14.0. The van der Waals surface area contributed by atoms with Crippen LogP contribution >= 0.6 is 0 Å². The Balaban J connectivity index is 1.06. The molecule has 12 unspecified atom stereocenters. The molecule has 70 heavy (non-hydrogen) atoms. The van der Waals surface area contributed by atoms with Crippen LogP contribution in [-0.4, -0.2) is 119 Å². The fourth-order valence-corrected chi connectivity index (χ4v) is 13.1. The molecule has 2 bridgehead atoms. The van der Waals surface area contributed by atoms with E-state index in [1.807, 2.05) is 18.5 Å². The predicted octanol–water partition coefficient (Wildman–Crippen LogP) is 3.87. The van der Waals surface area contributed by atoms with Gasteiger partial charge in [0.05, 0.1) is 17.5 Å². The Morgan fingerprint density at radius 2 is 1.83 bits per heavy atom. The van der Waals surface area contributed by atoms with Crippen molar-refractivity contribution in [1.82, 2.24) is 20.2 Å². The van der Waals surface area contributed by atoms with Crippen molar-refractivity contribution < 1.29 is 59.5 Å². The number of aromatic amines is 1. The number of carbonyl (C=O) groups is 1. The van der Waals surface area contributed by atoms with E-state index in [0.29, 0.717) is 82.4 Å². The van der Waals surface area contributed by atoms with Crippen molar-refractivity contribution in [2.45, 2.75) is 100 Å². The number of H-pyrrole nitrogens is 1. The van der Waals surface area contributed by atoms with Crippen molar-refractivity contribution in [3.05, 3.63) is 106 Å². The number of carbonyl (C=O) groups excluding carboxylic acids is 1. The van der Waals surface area contributed by atoms with E-state index in [0.717, 1.165) is 29.4 Å². The average Bonchev–Trinajstić information content (AvgIpc) is 4.09. The van der Waals surface area contributed by atoms with E-state index in [-0.39, 0.29) is 64.9 Å². The molecule has 1 amide bonds. The van der Waals surface area contributed by atoms with Gasteiger partial charge in [-0.05, 0) is 104 Å². The third-order valence-electron chi connectivity index (χ3n) is 16.4. The van der Waals surface area contributed by atoms with Gasteiger partial charge in [-0.3, -0.25) is 9.59 Å². The summed E-state index contributed by atoms with van der Waals surface area (Å²) in [6.45, 7) is 3.28. The number of rotatable bonds is 13. The lowest BCUT2D eigenvalue weighted by atomic mass is 9.51. The van der Waals surface area contributed by atoms with Gasteiger partial charge in [0.25, 0.3) is 0 Å². The second-order valence-corrected chi connectivity index (χ2v) is 20.5. The van der Waals surface area contributed by atoms with Gasteiger partial charge in [-0.25, -0.2) is 9.78 Å². The van der Waals surface area contributed by atoms with Gasteiger partial charge in [0, 0.05) is 84.8 Å². The van der Waals surface area contributed by atoms with Crippen LogP contribution in [0, 0.1) is 36.5 Å². The number of hydrogen-bond acceptors (Lipinski definition) is 14. The highest BCUT2D eigenvalue weighted by Crippen LogP contribution is 2.59. The molecule has 10 N–H and O–H groups in total. The number of aliphatic hydroxyl groups excluding tert-OH is 4. The molecule has 1 saturated heterocycles. The summed E-state index contributed by atoms with van der Waals surface area (Å²) in [4.78, 5) is 43.2. The number of hydrogen-bond donors (Lipinski definition) is 10. The first-order chi connectivity index (χ1) is 33.7. The fraction of sp³-hybridized carbons (Fsp3) is 0.472. The van der Waals surface area contributed by atoms with E-state index in [1.165, 1.54) is 36.4 Å². The summed E-state index contributed by atoms with van der Waals surface area (Å²) in [5, 5.41) is 85.9. The molecule has 2 aliphatic carbocycles. The molecular weight excluding hydrogens is 901 g/mol. The molecule has 3 aliphatic heterocycles. The maximum absolute atomic E-state index is 14.0. The zero-order valence-corrected chi connectivity index (χ0v) is 39.0. The van der Waals surface area contributed by atoms with Gasteiger partial charge in [-0.2, -0.15) is 0 Å². The summed E-state index contributed by atoms with van der Waals surface area (Å²) in [5.41, 5.74) is -0.0328. The van der Waals surface area contributed by atoms with Gasteiger partial charge in [0.1, 0.15) is 65.2 Å². The predicted molar refractivity (Wildman–Crippen MR) is 257 cm³/mol. The van der Waals surface area contributed by atoms with Gasteiger partial charge >= 0.3 is 0 Å². The van der Waals surface area contributed by atoms with Crippen molar-refractivity contribution in [3.8, 4) is 22.9 Å². The first kappa shape index (κ1) is 46.6. The molecule has 370 valence electrons. The van der Waals surface area contributed by atoms with Crippen molar-refractivity contribution in [3.63, 3.8) is 0 Å². The van der Waals surface area contributed by atoms with E-state index >= 15 is 0 Å². The molecule has 12 atom stereocenters. The van der Waals surface area contributed by atoms with Crippen molar-refractivity contribution in [1.29, 1.82) is 0 Å². The number of phenols is 2. The summed E-state index contributed by atoms with van der Waals surface area (Å²) >= 11 is 0. The monoisotopic (exact) mass is 960 g/mol. The lowest BCUT2D eigenvalue weighted by molar-refractivity contribution is -0.381. The van der Waals surface area contributed by atoms with Crippen LogP contribution in [0.1, 0.15) is 55.2 Å². The molecule has 11 rings (SSSR count). The Morgan fingerprint density at radius 3 is 2.61 bits per heavy atom. The van der Waals surface area contributed by atoms with Crippen LogP contribution < -0.4 is 20.8 Å². The highest BCUT2D eigenvalue weighted by molar-refractivity contribution is 5.93. The number of phenolic OH excluding ortho intramolecular Hbond substituents is 2. The number of benzene rings is 3. The lowest BCUT2D eigenvalue weighted by Crippen LogP contribution is -2.69. The Bertz CT molecular complexity index is 3090. The van der Waals surface area contributed by atoms with E-state index in [1.54, 1.807) is 13.0 Å². The van der Waals surface area contributed by atoms with Gasteiger partial charge < -0.3 is 65.1 Å². The van der Waals surface area contributed by atoms with Crippen molar-refractivity contribution in [2.24, 2.45) is 29.6 Å². The number of amides is 1. The van der Waals surface area contributed by atoms with Crippen LogP contribution in [0.5, 0.6) is 17.2 Å². The third kappa shape index (κ3) is 7.69. The Labute approximate surface area is 402 Å². The molecule has 17 heteroatoms. The van der Waals surface area contributed by atoms with Crippen LogP contribution in [0.3, 0.4) is 0 Å². The molecule has 3 aromatic heterocycles. The normalized spacial score (nSPS) is 28.3. The number of aryl methyl sites for hydroxylation is 2. The average molecular weight is 961 g/mol. The second-order valence-electron chi connectivity index (χ2n) is 20.5. The quantitative estimate of drug-likeness (QED) is 0.0448. The van der Waals surface area contributed by atoms with Crippen LogP contribution in [0.15, 0.2) is 82.3 Å². The number of aromatic nitrogens is 2. The van der Waals surface area contributed by atoms with E-state index < -0.39 is 55.3 Å². The summed E-state index contributed by atoms with van der Waals surface area (Å²) < 4.78 is 16.4. The van der Waals surface area contributed by atoms with Crippen molar-refractivity contribution >= 4 is 38.6 Å². The lowest BCUT2D eigenvalue weighted by Gasteiger charge is -2.61. The van der Waals surface area contributed by atoms with Gasteiger partial charge in [-0.15, -0.1) is 0 Å². The molecule has 6 heterocycles. The Hall–Kier alpha value is -5.76. The van der Waals surface area contributed by atoms with Crippen LogP contribution in [-0.2, 0) is 33.8 Å². The topological polar surface area (TPSA) is 261 Å². The second kappa shape index (κ2) is 17.8. The minimum atomic E-state index is -2.43. The minimum Gasteiger partial charge on any atom is -0.508 e.